The summed E-state index contributed by atoms with van der Waals surface area (Å²) >= 11 is 0. The molecule has 0 radical (unpaired) electrons. The zero-order chi connectivity index (χ0) is 19.8. The molecule has 0 bridgehead atoms. The van der Waals surface area contributed by atoms with Crippen LogP contribution < -0.4 is 5.32 Å². The molecule has 1 aromatic carbocycles. The summed E-state index contributed by atoms with van der Waals surface area (Å²) in [5.41, 5.74) is 2.43. The number of hydrogen-bond acceptors (Lipinski definition) is 6. The average Bonchev–Trinajstić information content (AvgIpc) is 3.15. The first-order valence-electron chi connectivity index (χ1n) is 10.2. The number of piperazine rings is 1. The van der Waals surface area contributed by atoms with Crippen LogP contribution >= 0.6 is 0 Å². The number of benzene rings is 1. The molecular weight excluding hydrogens is 354 g/mol. The van der Waals surface area contributed by atoms with Crippen molar-refractivity contribution in [2.24, 2.45) is 0 Å². The predicted octanol–water partition coefficient (Wildman–Crippen LogP) is 2.02. The number of nitrogens with one attached hydrogen (secondary N) is 1. The third-order valence-electron chi connectivity index (χ3n) is 5.06. The van der Waals surface area contributed by atoms with E-state index in [-0.39, 0.29) is 5.91 Å². The van der Waals surface area contributed by atoms with Gasteiger partial charge in [0.05, 0.1) is 0 Å². The summed E-state index contributed by atoms with van der Waals surface area (Å²) in [6, 6.07) is 8.52. The van der Waals surface area contributed by atoms with E-state index in [1.807, 2.05) is 0 Å². The molecule has 1 saturated heterocycles. The molecule has 1 aromatic heterocycles. The summed E-state index contributed by atoms with van der Waals surface area (Å²) in [5, 5.41) is 6.87. The van der Waals surface area contributed by atoms with E-state index in [9.17, 15) is 4.79 Å². The Labute approximate surface area is 167 Å². The van der Waals surface area contributed by atoms with Crippen LogP contribution in [-0.4, -0.2) is 59.1 Å². The van der Waals surface area contributed by atoms with Gasteiger partial charge in [0, 0.05) is 58.5 Å². The number of rotatable bonds is 9. The van der Waals surface area contributed by atoms with Gasteiger partial charge in [-0.3, -0.25) is 9.69 Å². The lowest BCUT2D eigenvalue weighted by atomic mass is 10.1. The molecule has 1 aliphatic heterocycles. The van der Waals surface area contributed by atoms with E-state index in [2.05, 4.69) is 63.5 Å². The third kappa shape index (κ3) is 6.42. The van der Waals surface area contributed by atoms with E-state index >= 15 is 0 Å². The smallest absolute Gasteiger partial charge is 0.227 e. The maximum atomic E-state index is 12.1. The Morgan fingerprint density at radius 1 is 1.11 bits per heavy atom. The van der Waals surface area contributed by atoms with Crippen LogP contribution in [0.2, 0.25) is 0 Å². The van der Waals surface area contributed by atoms with Crippen LogP contribution in [0.1, 0.15) is 42.6 Å². The van der Waals surface area contributed by atoms with Gasteiger partial charge in [0.15, 0.2) is 5.82 Å². The van der Waals surface area contributed by atoms with Gasteiger partial charge in [0.2, 0.25) is 11.8 Å². The van der Waals surface area contributed by atoms with E-state index in [1.165, 1.54) is 5.56 Å². The molecular formula is C21H31N5O2. The second kappa shape index (κ2) is 10.3. The van der Waals surface area contributed by atoms with Gasteiger partial charge in [-0.1, -0.05) is 36.3 Å². The maximum Gasteiger partial charge on any atom is 0.227 e. The number of carbonyl (C=O) groups excluding carboxylic acids is 1. The van der Waals surface area contributed by atoms with Gasteiger partial charge in [-0.25, -0.2) is 0 Å². The highest BCUT2D eigenvalue weighted by molar-refractivity contribution is 5.76. The van der Waals surface area contributed by atoms with Crippen LogP contribution in [0.4, 0.5) is 0 Å². The molecule has 0 spiro atoms. The Bertz CT molecular complexity index is 736. The van der Waals surface area contributed by atoms with Crippen LogP contribution in [0.15, 0.2) is 28.8 Å². The Hall–Kier alpha value is -2.25. The number of nitrogens with zero attached hydrogens (tertiary/aromatic N) is 4. The molecule has 0 unspecified atom stereocenters. The fraction of sp³-hybridized carbons (Fsp3) is 0.571. The zero-order valence-electron chi connectivity index (χ0n) is 17.0. The maximum absolute atomic E-state index is 12.1. The SMILES string of the molecule is CCCc1noc(CCC(=O)NCc2ccc(CN3CCN(C)CC3)cc2)n1. The fourth-order valence-corrected chi connectivity index (χ4v) is 3.25. The van der Waals surface area contributed by atoms with Gasteiger partial charge >= 0.3 is 0 Å². The number of hydrogen-bond donors (Lipinski definition) is 1. The first-order chi connectivity index (χ1) is 13.6. The molecule has 1 amide bonds. The number of carbonyl (C=O) groups is 1. The molecule has 0 atom stereocenters. The summed E-state index contributed by atoms with van der Waals surface area (Å²) in [5.74, 6) is 1.25. The van der Waals surface area contributed by atoms with Crippen molar-refractivity contribution in [1.29, 1.82) is 0 Å². The van der Waals surface area contributed by atoms with Crippen LogP contribution in [-0.2, 0) is 30.7 Å². The van der Waals surface area contributed by atoms with Crippen molar-refractivity contribution in [3.05, 3.63) is 47.1 Å². The van der Waals surface area contributed by atoms with E-state index in [4.69, 9.17) is 4.52 Å². The minimum atomic E-state index is -0.00300. The molecule has 3 rings (SSSR count). The summed E-state index contributed by atoms with van der Waals surface area (Å²) in [4.78, 5) is 21.2. The molecule has 0 aliphatic carbocycles. The highest BCUT2D eigenvalue weighted by atomic mass is 16.5. The number of aryl methyl sites for hydroxylation is 2. The lowest BCUT2D eigenvalue weighted by Gasteiger charge is -2.32. The summed E-state index contributed by atoms with van der Waals surface area (Å²) in [6.07, 6.45) is 2.62. The quantitative estimate of drug-likeness (QED) is 0.712. The topological polar surface area (TPSA) is 74.5 Å². The highest BCUT2D eigenvalue weighted by Crippen LogP contribution is 2.10. The lowest BCUT2D eigenvalue weighted by Crippen LogP contribution is -2.43. The van der Waals surface area contributed by atoms with Crippen molar-refractivity contribution in [2.45, 2.75) is 45.7 Å². The number of amides is 1. The minimum absolute atomic E-state index is 0.00300. The molecule has 152 valence electrons. The third-order valence-corrected chi connectivity index (χ3v) is 5.06. The predicted molar refractivity (Wildman–Crippen MR) is 108 cm³/mol. The van der Waals surface area contributed by atoms with Crippen LogP contribution in [0.25, 0.3) is 0 Å². The van der Waals surface area contributed by atoms with Gasteiger partial charge in [-0.15, -0.1) is 0 Å². The summed E-state index contributed by atoms with van der Waals surface area (Å²) < 4.78 is 5.16. The normalized spacial score (nSPS) is 15.6. The summed E-state index contributed by atoms with van der Waals surface area (Å²) in [7, 11) is 2.17. The first-order valence-corrected chi connectivity index (χ1v) is 10.2. The monoisotopic (exact) mass is 385 g/mol. The van der Waals surface area contributed by atoms with Gasteiger partial charge in [0.1, 0.15) is 0 Å². The largest absolute Gasteiger partial charge is 0.352 e. The molecule has 2 aromatic rings. The molecule has 7 heteroatoms. The molecule has 0 saturated carbocycles. The van der Waals surface area contributed by atoms with Crippen molar-refractivity contribution in [3.8, 4) is 0 Å². The van der Waals surface area contributed by atoms with Crippen molar-refractivity contribution < 1.29 is 9.32 Å². The Balaban J connectivity index is 1.37. The molecule has 1 fully saturated rings. The standard InChI is InChI=1S/C21H31N5O2/c1-3-4-19-23-21(28-24-19)10-9-20(27)22-15-17-5-7-18(8-6-17)16-26-13-11-25(2)12-14-26/h5-8H,3-4,9-16H2,1-2H3,(H,22,27). The van der Waals surface area contributed by atoms with Crippen molar-refractivity contribution in [3.63, 3.8) is 0 Å². The Morgan fingerprint density at radius 2 is 1.82 bits per heavy atom. The van der Waals surface area contributed by atoms with Gasteiger partial charge < -0.3 is 14.7 Å². The van der Waals surface area contributed by atoms with Crippen molar-refractivity contribution in [1.82, 2.24) is 25.3 Å². The van der Waals surface area contributed by atoms with Gasteiger partial charge in [0.25, 0.3) is 0 Å². The van der Waals surface area contributed by atoms with Crippen LogP contribution in [0.3, 0.4) is 0 Å². The molecule has 28 heavy (non-hydrogen) atoms. The molecule has 7 nitrogen and oxygen atoms in total. The minimum Gasteiger partial charge on any atom is -0.352 e. The number of aromatic nitrogens is 2. The van der Waals surface area contributed by atoms with E-state index < -0.39 is 0 Å². The van der Waals surface area contributed by atoms with Crippen molar-refractivity contribution >= 4 is 5.91 Å². The van der Waals surface area contributed by atoms with Crippen LogP contribution in [0, 0.1) is 0 Å². The molecule has 1 N–H and O–H groups in total. The van der Waals surface area contributed by atoms with Gasteiger partial charge in [-0.05, 0) is 24.6 Å². The average molecular weight is 386 g/mol. The van der Waals surface area contributed by atoms with Crippen molar-refractivity contribution in [2.75, 3.05) is 33.2 Å². The number of likely N-dealkylation sites (N-methyl/N-ethyl adjacent to an activating group) is 1. The Kier molecular flexibility index (Phi) is 7.56. The second-order valence-corrected chi connectivity index (χ2v) is 7.53. The fourth-order valence-electron chi connectivity index (χ4n) is 3.25. The van der Waals surface area contributed by atoms with Crippen LogP contribution in [0.5, 0.6) is 0 Å². The zero-order valence-corrected chi connectivity index (χ0v) is 17.0. The summed E-state index contributed by atoms with van der Waals surface area (Å²) in [6.45, 7) is 8.11. The van der Waals surface area contributed by atoms with E-state index in [0.29, 0.717) is 25.3 Å². The van der Waals surface area contributed by atoms with Gasteiger partial charge in [-0.2, -0.15) is 4.98 Å². The van der Waals surface area contributed by atoms with E-state index in [0.717, 1.165) is 57.0 Å². The highest BCUT2D eigenvalue weighted by Gasteiger charge is 2.14. The molecule has 2 heterocycles. The second-order valence-electron chi connectivity index (χ2n) is 7.53. The Morgan fingerprint density at radius 3 is 2.54 bits per heavy atom. The first kappa shape index (κ1) is 20.5. The van der Waals surface area contributed by atoms with E-state index in [1.54, 1.807) is 0 Å². The molecule has 1 aliphatic rings. The lowest BCUT2D eigenvalue weighted by molar-refractivity contribution is -0.121.